The molecular weight excluding hydrogens is 362 g/mol. The van der Waals surface area contributed by atoms with E-state index >= 15 is 0 Å². The third-order valence-electron chi connectivity index (χ3n) is 4.93. The Labute approximate surface area is 151 Å². The van der Waals surface area contributed by atoms with Crippen molar-refractivity contribution >= 4 is 16.5 Å². The van der Waals surface area contributed by atoms with Crippen LogP contribution in [0.3, 0.4) is 0 Å². The SMILES string of the molecule is CC(C)[C@H]1Nc2cc(F)cc3c(=O)[nH]nc(c23)[C@@H]1c1c(F)cc(F)cc1F. The molecule has 27 heavy (non-hydrogen) atoms. The highest BCUT2D eigenvalue weighted by Crippen LogP contribution is 2.43. The number of aromatic amines is 1. The van der Waals surface area contributed by atoms with Crippen molar-refractivity contribution in [3.05, 3.63) is 69.1 Å². The Hall–Kier alpha value is -2.90. The molecule has 2 atom stereocenters. The fraction of sp³-hybridized carbons (Fsp3) is 0.263. The van der Waals surface area contributed by atoms with E-state index in [0.29, 0.717) is 23.2 Å². The molecule has 0 bridgehead atoms. The number of hydrogen-bond donors (Lipinski definition) is 2. The minimum atomic E-state index is -1.04. The van der Waals surface area contributed by atoms with Gasteiger partial charge in [-0.05, 0) is 18.1 Å². The van der Waals surface area contributed by atoms with Gasteiger partial charge in [-0.2, -0.15) is 5.10 Å². The highest BCUT2D eigenvalue weighted by molar-refractivity contribution is 5.97. The molecule has 2 heterocycles. The number of aromatic nitrogens is 2. The topological polar surface area (TPSA) is 57.8 Å². The number of H-pyrrole nitrogens is 1. The summed E-state index contributed by atoms with van der Waals surface area (Å²) in [6.45, 7) is 3.66. The zero-order chi connectivity index (χ0) is 19.5. The van der Waals surface area contributed by atoms with Crippen LogP contribution in [0.15, 0.2) is 29.1 Å². The summed E-state index contributed by atoms with van der Waals surface area (Å²) in [5, 5.41) is 9.72. The van der Waals surface area contributed by atoms with Gasteiger partial charge in [-0.3, -0.25) is 4.79 Å². The van der Waals surface area contributed by atoms with Crippen molar-refractivity contribution in [2.45, 2.75) is 25.8 Å². The van der Waals surface area contributed by atoms with Crippen LogP contribution in [-0.4, -0.2) is 16.2 Å². The van der Waals surface area contributed by atoms with Crippen molar-refractivity contribution < 1.29 is 17.6 Å². The fourth-order valence-corrected chi connectivity index (χ4v) is 3.78. The van der Waals surface area contributed by atoms with Crippen LogP contribution in [-0.2, 0) is 0 Å². The van der Waals surface area contributed by atoms with Crippen LogP contribution in [0.4, 0.5) is 23.2 Å². The minimum absolute atomic E-state index is 0.0256. The summed E-state index contributed by atoms with van der Waals surface area (Å²) in [7, 11) is 0. The molecule has 1 aliphatic rings. The quantitative estimate of drug-likeness (QED) is 0.662. The van der Waals surface area contributed by atoms with Gasteiger partial charge in [0.05, 0.1) is 17.0 Å². The van der Waals surface area contributed by atoms with Crippen LogP contribution in [0.2, 0.25) is 0 Å². The van der Waals surface area contributed by atoms with Crippen LogP contribution in [0.1, 0.15) is 31.0 Å². The summed E-state index contributed by atoms with van der Waals surface area (Å²) in [4.78, 5) is 12.1. The van der Waals surface area contributed by atoms with Crippen LogP contribution >= 0.6 is 0 Å². The van der Waals surface area contributed by atoms with E-state index in [1.165, 1.54) is 6.07 Å². The molecule has 4 rings (SSSR count). The molecule has 0 fully saturated rings. The smallest absolute Gasteiger partial charge is 0.272 e. The molecule has 1 aliphatic heterocycles. The van der Waals surface area contributed by atoms with Crippen LogP contribution in [0, 0.1) is 29.2 Å². The highest BCUT2D eigenvalue weighted by Gasteiger charge is 2.39. The molecule has 0 spiro atoms. The van der Waals surface area contributed by atoms with E-state index in [0.717, 1.165) is 6.07 Å². The van der Waals surface area contributed by atoms with E-state index in [9.17, 15) is 22.4 Å². The van der Waals surface area contributed by atoms with E-state index in [-0.39, 0.29) is 22.6 Å². The van der Waals surface area contributed by atoms with Gasteiger partial charge in [0.1, 0.15) is 23.3 Å². The van der Waals surface area contributed by atoms with Gasteiger partial charge in [0.2, 0.25) is 0 Å². The van der Waals surface area contributed by atoms with Crippen molar-refractivity contribution in [2.24, 2.45) is 5.92 Å². The maximum atomic E-state index is 14.6. The molecule has 0 saturated carbocycles. The van der Waals surface area contributed by atoms with Gasteiger partial charge in [0, 0.05) is 34.8 Å². The number of halogens is 4. The Morgan fingerprint density at radius 2 is 1.63 bits per heavy atom. The second kappa shape index (κ2) is 6.07. The van der Waals surface area contributed by atoms with Crippen molar-refractivity contribution in [3.63, 3.8) is 0 Å². The minimum Gasteiger partial charge on any atom is -0.380 e. The van der Waals surface area contributed by atoms with E-state index in [2.05, 4.69) is 15.5 Å². The van der Waals surface area contributed by atoms with E-state index in [4.69, 9.17) is 0 Å². The number of nitrogens with one attached hydrogen (secondary N) is 2. The molecule has 0 aliphatic carbocycles. The van der Waals surface area contributed by atoms with E-state index < -0.39 is 40.8 Å². The zero-order valence-electron chi connectivity index (χ0n) is 14.4. The molecule has 0 radical (unpaired) electrons. The lowest BCUT2D eigenvalue weighted by Crippen LogP contribution is -2.38. The predicted octanol–water partition coefficient (Wildman–Crippen LogP) is 4.06. The lowest BCUT2D eigenvalue weighted by molar-refractivity contribution is 0.434. The maximum Gasteiger partial charge on any atom is 0.272 e. The normalized spacial score (nSPS) is 18.8. The van der Waals surface area contributed by atoms with Gasteiger partial charge in [-0.25, -0.2) is 22.7 Å². The van der Waals surface area contributed by atoms with E-state index in [1.54, 1.807) is 0 Å². The number of nitrogens with zero attached hydrogens (tertiary/aromatic N) is 1. The molecule has 0 unspecified atom stereocenters. The van der Waals surface area contributed by atoms with Crippen molar-refractivity contribution in [1.82, 2.24) is 10.2 Å². The summed E-state index contributed by atoms with van der Waals surface area (Å²) in [5.41, 5.74) is -0.422. The van der Waals surface area contributed by atoms with Gasteiger partial charge >= 0.3 is 0 Å². The van der Waals surface area contributed by atoms with Crippen molar-refractivity contribution in [2.75, 3.05) is 5.32 Å². The first kappa shape index (κ1) is 17.5. The molecule has 1 aromatic heterocycles. The molecule has 2 N–H and O–H groups in total. The number of rotatable bonds is 2. The van der Waals surface area contributed by atoms with Crippen molar-refractivity contribution in [3.8, 4) is 0 Å². The van der Waals surface area contributed by atoms with Gasteiger partial charge < -0.3 is 5.32 Å². The molecule has 3 aromatic rings. The lowest BCUT2D eigenvalue weighted by Gasteiger charge is -2.37. The average Bonchev–Trinajstić information content (AvgIpc) is 2.57. The summed E-state index contributed by atoms with van der Waals surface area (Å²) < 4.78 is 56.5. The van der Waals surface area contributed by atoms with E-state index in [1.807, 2.05) is 13.8 Å². The summed E-state index contributed by atoms with van der Waals surface area (Å²) in [6, 6.07) is 2.93. The first-order valence-corrected chi connectivity index (χ1v) is 8.40. The van der Waals surface area contributed by atoms with Crippen molar-refractivity contribution in [1.29, 1.82) is 0 Å². The average molecular weight is 377 g/mol. The van der Waals surface area contributed by atoms with Crippen LogP contribution in [0.5, 0.6) is 0 Å². The zero-order valence-corrected chi connectivity index (χ0v) is 14.4. The Kier molecular flexibility index (Phi) is 3.94. The summed E-state index contributed by atoms with van der Waals surface area (Å²) in [5.74, 6) is -4.82. The monoisotopic (exact) mass is 377 g/mol. The Morgan fingerprint density at radius 3 is 2.26 bits per heavy atom. The third-order valence-corrected chi connectivity index (χ3v) is 4.93. The maximum absolute atomic E-state index is 14.6. The largest absolute Gasteiger partial charge is 0.380 e. The number of hydrogen-bond acceptors (Lipinski definition) is 3. The second-order valence-corrected chi connectivity index (χ2v) is 6.99. The molecular formula is C19H15F4N3O. The van der Waals surface area contributed by atoms with Gasteiger partial charge in [0.25, 0.3) is 5.56 Å². The summed E-state index contributed by atoms with van der Waals surface area (Å²) >= 11 is 0. The van der Waals surface area contributed by atoms with Crippen LogP contribution < -0.4 is 10.9 Å². The first-order valence-electron chi connectivity index (χ1n) is 8.40. The Morgan fingerprint density at radius 1 is 1.00 bits per heavy atom. The molecule has 2 aromatic carbocycles. The van der Waals surface area contributed by atoms with Gasteiger partial charge in [-0.1, -0.05) is 13.8 Å². The lowest BCUT2D eigenvalue weighted by atomic mass is 9.78. The Balaban J connectivity index is 2.09. The van der Waals surface area contributed by atoms with Gasteiger partial charge in [-0.15, -0.1) is 0 Å². The molecule has 0 saturated heterocycles. The molecule has 8 heteroatoms. The summed E-state index contributed by atoms with van der Waals surface area (Å²) in [6.07, 6.45) is 0. The molecule has 140 valence electrons. The molecule has 0 amide bonds. The molecule has 4 nitrogen and oxygen atoms in total. The first-order chi connectivity index (χ1) is 12.8. The highest BCUT2D eigenvalue weighted by atomic mass is 19.1. The standard InChI is InChI=1S/C19H15F4N3O/c1-7(2)17-16(15-11(22)4-9(21)5-12(15)23)18-14-10(19(27)26-25-18)3-8(20)6-13(14)24-17/h3-7,16-17,24H,1-2H3,(H,26,27)/t16-,17-/m1/s1. The predicted molar refractivity (Wildman–Crippen MR) is 92.7 cm³/mol. The fourth-order valence-electron chi connectivity index (χ4n) is 3.78. The van der Waals surface area contributed by atoms with Gasteiger partial charge in [0.15, 0.2) is 0 Å². The number of anilines is 1. The van der Waals surface area contributed by atoms with Crippen LogP contribution in [0.25, 0.3) is 10.8 Å². The second-order valence-electron chi connectivity index (χ2n) is 6.99. The Bertz CT molecular complexity index is 1100. The number of benzene rings is 2. The third kappa shape index (κ3) is 2.67.